The van der Waals surface area contributed by atoms with Gasteiger partial charge in [0.25, 0.3) is 5.91 Å². The Morgan fingerprint density at radius 3 is 2.61 bits per heavy atom. The van der Waals surface area contributed by atoms with E-state index in [1.54, 1.807) is 23.1 Å². The molecule has 13 heteroatoms. The van der Waals surface area contributed by atoms with Crippen LogP contribution in [0.1, 0.15) is 28.9 Å². The number of hydrogen-bond donors (Lipinski definition) is 1. The molecule has 0 atom stereocenters. The summed E-state index contributed by atoms with van der Waals surface area (Å²) in [6.45, 7) is 2.19. The van der Waals surface area contributed by atoms with E-state index in [0.29, 0.717) is 67.2 Å². The Hall–Kier alpha value is -3.51. The smallest absolute Gasteiger partial charge is 0.346 e. The number of rotatable bonds is 4. The minimum Gasteiger partial charge on any atom is -0.346 e. The molecule has 38 heavy (non-hydrogen) atoms. The number of amides is 1. The summed E-state index contributed by atoms with van der Waals surface area (Å²) in [6.07, 6.45) is 3.94. The Labute approximate surface area is 219 Å². The van der Waals surface area contributed by atoms with E-state index in [2.05, 4.69) is 25.0 Å². The molecule has 1 radical (unpaired) electrons. The molecular weight excluding hydrogens is 526 g/mol. The maximum absolute atomic E-state index is 14.6. The summed E-state index contributed by atoms with van der Waals surface area (Å²) in [4.78, 5) is 27.0. The highest BCUT2D eigenvalue weighted by Gasteiger charge is 2.38. The normalized spacial score (nSPS) is 17.8. The minimum absolute atomic E-state index is 0.102. The van der Waals surface area contributed by atoms with Gasteiger partial charge in [-0.25, -0.2) is 9.37 Å². The highest BCUT2D eigenvalue weighted by atomic mass is 35.5. The summed E-state index contributed by atoms with van der Waals surface area (Å²) in [5.74, 6) is -0.943. The van der Waals surface area contributed by atoms with E-state index in [1.807, 2.05) is 6.20 Å². The number of nitrogens with zero attached hydrogens (tertiary/aromatic N) is 6. The number of nitrogens with one attached hydrogen (secondary N) is 1. The quantitative estimate of drug-likeness (QED) is 0.377. The topological polar surface area (TPSA) is 82.9 Å². The molecule has 197 valence electrons. The molecule has 0 spiro atoms. The number of pyridine rings is 2. The van der Waals surface area contributed by atoms with E-state index in [1.165, 1.54) is 11.1 Å². The van der Waals surface area contributed by atoms with Crippen LogP contribution in [0.2, 0.25) is 5.02 Å². The molecule has 2 aliphatic heterocycles. The second-order valence-corrected chi connectivity index (χ2v) is 9.84. The highest BCUT2D eigenvalue weighted by molar-refractivity contribution is 6.33. The molecule has 2 aliphatic rings. The lowest BCUT2D eigenvalue weighted by Gasteiger charge is -2.46. The molecule has 2 saturated heterocycles. The van der Waals surface area contributed by atoms with Gasteiger partial charge >= 0.3 is 6.18 Å². The van der Waals surface area contributed by atoms with Gasteiger partial charge in [0, 0.05) is 67.3 Å². The van der Waals surface area contributed by atoms with Crippen LogP contribution in [0.4, 0.5) is 17.6 Å². The number of H-pyrrole nitrogens is 1. The van der Waals surface area contributed by atoms with Gasteiger partial charge in [0.2, 0.25) is 0 Å². The number of aromatic amines is 1. The van der Waals surface area contributed by atoms with Crippen molar-refractivity contribution >= 4 is 28.5 Å². The Balaban J connectivity index is 1.06. The van der Waals surface area contributed by atoms with Crippen LogP contribution in [-0.4, -0.2) is 72.7 Å². The van der Waals surface area contributed by atoms with Crippen LogP contribution >= 0.6 is 11.6 Å². The van der Waals surface area contributed by atoms with Crippen LogP contribution in [-0.2, 0) is 6.18 Å². The van der Waals surface area contributed by atoms with Gasteiger partial charge in [-0.1, -0.05) is 11.6 Å². The van der Waals surface area contributed by atoms with Crippen LogP contribution in [0.3, 0.4) is 0 Å². The standard InChI is InChI=1S/C25H21ClF4N7O/c26-19-9-32-21(25(28,29)30)7-18(19)24(38)35-5-2-15(3-6-35)36-12-16(13-36)37-11-14(8-34-37)22-17-1-4-31-23(17)33-10-20(22)27/h1,4,7-11,15H,2-3,5-6,12-13H2,(H,31,33). The van der Waals surface area contributed by atoms with Crippen LogP contribution in [0.5, 0.6) is 0 Å². The lowest BCUT2D eigenvalue weighted by Crippen LogP contribution is -2.56. The molecule has 0 saturated carbocycles. The molecule has 1 N–H and O–H groups in total. The summed E-state index contributed by atoms with van der Waals surface area (Å²) >= 11 is 6.00. The fraction of sp³-hybridized carbons (Fsp3) is 0.320. The van der Waals surface area contributed by atoms with Crippen molar-refractivity contribution in [2.24, 2.45) is 0 Å². The fourth-order valence-electron chi connectivity index (χ4n) is 5.09. The average molecular weight is 547 g/mol. The first-order chi connectivity index (χ1) is 18.2. The molecule has 0 bridgehead atoms. The van der Waals surface area contributed by atoms with Crippen molar-refractivity contribution in [3.63, 3.8) is 0 Å². The summed E-state index contributed by atoms with van der Waals surface area (Å²) in [5, 5.41) is 5.02. The number of alkyl halides is 3. The number of carbonyl (C=O) groups excluding carboxylic acids is 1. The van der Waals surface area contributed by atoms with Crippen LogP contribution in [0.25, 0.3) is 22.2 Å². The number of aromatic nitrogens is 5. The largest absolute Gasteiger partial charge is 0.433 e. The lowest BCUT2D eigenvalue weighted by atomic mass is 9.97. The second kappa shape index (κ2) is 9.35. The monoisotopic (exact) mass is 546 g/mol. The van der Waals surface area contributed by atoms with Crippen LogP contribution < -0.4 is 0 Å². The molecule has 4 aromatic rings. The van der Waals surface area contributed by atoms with E-state index in [9.17, 15) is 22.4 Å². The maximum Gasteiger partial charge on any atom is 0.433 e. The van der Waals surface area contributed by atoms with E-state index in [4.69, 9.17) is 11.6 Å². The average Bonchev–Trinajstić information content (AvgIpc) is 3.53. The number of fused-ring (bicyclic) bond motifs is 1. The van der Waals surface area contributed by atoms with Gasteiger partial charge in [-0.2, -0.15) is 18.3 Å². The van der Waals surface area contributed by atoms with Gasteiger partial charge in [-0.05, 0) is 25.0 Å². The van der Waals surface area contributed by atoms with Crippen molar-refractivity contribution in [3.8, 4) is 11.1 Å². The SMILES string of the molecule is O=C(c1cc(C(F)(F)F)ncc1Cl)N1CCC(N2C[C](n3cc(-c4c(F)cnc5[nH]ccc45)cn3)C2)CC1. The van der Waals surface area contributed by atoms with E-state index < -0.39 is 23.6 Å². The minimum atomic E-state index is -4.66. The third-order valence-electron chi connectivity index (χ3n) is 7.15. The predicted octanol–water partition coefficient (Wildman–Crippen LogP) is 4.63. The lowest BCUT2D eigenvalue weighted by molar-refractivity contribution is -0.141. The van der Waals surface area contributed by atoms with Crippen molar-refractivity contribution in [3.05, 3.63) is 71.3 Å². The first-order valence-corrected chi connectivity index (χ1v) is 12.3. The van der Waals surface area contributed by atoms with Gasteiger partial charge in [0.05, 0.1) is 23.0 Å². The van der Waals surface area contributed by atoms with E-state index in [0.717, 1.165) is 12.2 Å². The molecule has 1 amide bonds. The molecule has 4 aromatic heterocycles. The number of hydrogen-bond acceptors (Lipinski definition) is 5. The number of likely N-dealkylation sites (tertiary alicyclic amines) is 2. The van der Waals surface area contributed by atoms with E-state index in [-0.39, 0.29) is 16.6 Å². The zero-order chi connectivity index (χ0) is 26.6. The third-order valence-corrected chi connectivity index (χ3v) is 7.45. The summed E-state index contributed by atoms with van der Waals surface area (Å²) < 4.78 is 55.4. The Morgan fingerprint density at radius 2 is 1.87 bits per heavy atom. The highest BCUT2D eigenvalue weighted by Crippen LogP contribution is 2.34. The number of carbonyl (C=O) groups is 1. The molecule has 0 aliphatic carbocycles. The van der Waals surface area contributed by atoms with Gasteiger partial charge in [0.1, 0.15) is 23.2 Å². The molecule has 0 aromatic carbocycles. The van der Waals surface area contributed by atoms with Crippen LogP contribution in [0, 0.1) is 11.9 Å². The van der Waals surface area contributed by atoms with Crippen molar-refractivity contribution in [2.75, 3.05) is 26.2 Å². The van der Waals surface area contributed by atoms with Crippen molar-refractivity contribution in [1.82, 2.24) is 34.5 Å². The molecule has 6 heterocycles. The summed E-state index contributed by atoms with van der Waals surface area (Å²) in [6, 6.07) is 3.79. The second-order valence-electron chi connectivity index (χ2n) is 9.44. The van der Waals surface area contributed by atoms with Gasteiger partial charge < -0.3 is 9.88 Å². The number of piperidine rings is 1. The van der Waals surface area contributed by atoms with Crippen molar-refractivity contribution < 1.29 is 22.4 Å². The van der Waals surface area contributed by atoms with Gasteiger partial charge in [-0.3, -0.25) is 19.4 Å². The molecule has 6 rings (SSSR count). The first-order valence-electron chi connectivity index (χ1n) is 12.0. The number of halogens is 5. The molecule has 8 nitrogen and oxygen atoms in total. The first kappa shape index (κ1) is 24.8. The van der Waals surface area contributed by atoms with Crippen molar-refractivity contribution in [1.29, 1.82) is 0 Å². The summed E-state index contributed by atoms with van der Waals surface area (Å²) in [7, 11) is 0. The Bertz CT molecular complexity index is 1500. The third kappa shape index (κ3) is 4.41. The van der Waals surface area contributed by atoms with Crippen LogP contribution in [0.15, 0.2) is 43.1 Å². The Kier molecular flexibility index (Phi) is 6.10. The van der Waals surface area contributed by atoms with Crippen molar-refractivity contribution in [2.45, 2.75) is 25.1 Å². The maximum atomic E-state index is 14.6. The molecule has 2 fully saturated rings. The predicted molar refractivity (Wildman–Crippen MR) is 131 cm³/mol. The van der Waals surface area contributed by atoms with Gasteiger partial charge in [0.15, 0.2) is 0 Å². The fourth-order valence-corrected chi connectivity index (χ4v) is 5.27. The zero-order valence-corrected chi connectivity index (χ0v) is 20.6. The molecular formula is C25H21ClF4N7O. The van der Waals surface area contributed by atoms with E-state index >= 15 is 0 Å². The Morgan fingerprint density at radius 1 is 1.11 bits per heavy atom. The summed E-state index contributed by atoms with van der Waals surface area (Å²) in [5.41, 5.74) is 0.385. The molecule has 0 unspecified atom stereocenters. The zero-order valence-electron chi connectivity index (χ0n) is 19.8. The van der Waals surface area contributed by atoms with Gasteiger partial charge in [-0.15, -0.1) is 0 Å².